The number of amides is 2. The average Bonchev–Trinajstić information content (AvgIpc) is 2.58. The number of carbonyl (C=O) groups excluding carboxylic acids is 2. The lowest BCUT2D eigenvalue weighted by Crippen LogP contribution is -2.41. The Balaban J connectivity index is 2.06. The summed E-state index contributed by atoms with van der Waals surface area (Å²) < 4.78 is 10.9. The molecule has 2 rings (SSSR count). The average molecular weight is 461 g/mol. The molecule has 0 aliphatic carbocycles. The molecule has 6 nitrogen and oxygen atoms in total. The van der Waals surface area contributed by atoms with Crippen molar-refractivity contribution in [2.75, 3.05) is 14.2 Å². The van der Waals surface area contributed by atoms with Gasteiger partial charge in [0.1, 0.15) is 0 Å². The predicted octanol–water partition coefficient (Wildman–Crippen LogP) is 3.04. The minimum absolute atomic E-state index is 0.318. The fourth-order valence-electron chi connectivity index (χ4n) is 1.90. The van der Waals surface area contributed by atoms with Gasteiger partial charge in [-0.15, -0.1) is 0 Å². The van der Waals surface area contributed by atoms with Crippen molar-refractivity contribution in [3.05, 3.63) is 56.1 Å². The number of rotatable bonds is 4. The first-order valence-corrected chi connectivity index (χ1v) is 8.19. The highest BCUT2D eigenvalue weighted by molar-refractivity contribution is 14.1. The third kappa shape index (κ3) is 4.30. The number of hydrogen-bond donors (Lipinski definition) is 2. The summed E-state index contributed by atoms with van der Waals surface area (Å²) in [5.41, 5.74) is 5.45. The number of ether oxygens (including phenoxy) is 2. The molecular formula is C16H14ClIN2O4. The molecule has 0 unspecified atom stereocenters. The number of methoxy groups -OCH3 is 2. The summed E-state index contributed by atoms with van der Waals surface area (Å²) in [7, 11) is 2.98. The molecule has 0 fully saturated rings. The van der Waals surface area contributed by atoms with Crippen LogP contribution in [0.15, 0.2) is 36.4 Å². The Morgan fingerprint density at radius 1 is 0.958 bits per heavy atom. The van der Waals surface area contributed by atoms with Crippen molar-refractivity contribution < 1.29 is 19.1 Å². The Morgan fingerprint density at radius 3 is 2.25 bits per heavy atom. The molecule has 0 bridgehead atoms. The first-order chi connectivity index (χ1) is 11.5. The number of hydrazine groups is 1. The van der Waals surface area contributed by atoms with Crippen LogP contribution in [0.5, 0.6) is 11.5 Å². The standard InChI is InChI=1S/C16H14ClIN2O4/c1-23-13-6-3-9(7-14(13)24-2)15(21)19-20-16(22)11-5-4-10(17)8-12(11)18/h3-8H,1-2H3,(H,19,21)(H,20,22). The van der Waals surface area contributed by atoms with Crippen LogP contribution in [0.4, 0.5) is 0 Å². The Bertz CT molecular complexity index is 783. The topological polar surface area (TPSA) is 76.7 Å². The Hall–Kier alpha value is -2.00. The van der Waals surface area contributed by atoms with Gasteiger partial charge in [-0.3, -0.25) is 20.4 Å². The number of nitrogens with one attached hydrogen (secondary N) is 2. The molecule has 0 aliphatic heterocycles. The first-order valence-electron chi connectivity index (χ1n) is 6.74. The SMILES string of the molecule is COc1ccc(C(=O)NNC(=O)c2ccc(Cl)cc2I)cc1OC. The molecule has 0 aliphatic rings. The summed E-state index contributed by atoms with van der Waals surface area (Å²) in [6.45, 7) is 0. The summed E-state index contributed by atoms with van der Waals surface area (Å²) in [6, 6.07) is 9.54. The second kappa shape index (κ2) is 8.20. The van der Waals surface area contributed by atoms with Crippen LogP contribution >= 0.6 is 34.2 Å². The summed E-state index contributed by atoms with van der Waals surface area (Å²) in [5.74, 6) is 0.00991. The minimum atomic E-state index is -0.478. The molecule has 0 saturated carbocycles. The Morgan fingerprint density at radius 2 is 1.62 bits per heavy atom. The second-order valence-corrected chi connectivity index (χ2v) is 6.20. The molecule has 0 spiro atoms. The molecule has 0 radical (unpaired) electrons. The first kappa shape index (κ1) is 18.3. The molecule has 2 amide bonds. The van der Waals surface area contributed by atoms with Gasteiger partial charge in [0.2, 0.25) is 0 Å². The normalized spacial score (nSPS) is 10.0. The molecule has 0 aromatic heterocycles. The van der Waals surface area contributed by atoms with Crippen LogP contribution in [-0.2, 0) is 0 Å². The molecule has 0 heterocycles. The van der Waals surface area contributed by atoms with E-state index in [2.05, 4.69) is 10.9 Å². The number of hydrogen-bond acceptors (Lipinski definition) is 4. The quantitative estimate of drug-likeness (QED) is 0.543. The van der Waals surface area contributed by atoms with E-state index in [1.165, 1.54) is 20.3 Å². The molecule has 2 N–H and O–H groups in total. The Labute approximate surface area is 157 Å². The maximum absolute atomic E-state index is 12.1. The van der Waals surface area contributed by atoms with E-state index in [0.717, 1.165) is 0 Å². The lowest BCUT2D eigenvalue weighted by atomic mass is 10.2. The van der Waals surface area contributed by atoms with E-state index in [9.17, 15) is 9.59 Å². The van der Waals surface area contributed by atoms with E-state index in [4.69, 9.17) is 21.1 Å². The molecule has 2 aromatic carbocycles. The van der Waals surface area contributed by atoms with Gasteiger partial charge in [0.15, 0.2) is 11.5 Å². The van der Waals surface area contributed by atoms with Gasteiger partial charge in [0.25, 0.3) is 11.8 Å². The van der Waals surface area contributed by atoms with Gasteiger partial charge >= 0.3 is 0 Å². The van der Waals surface area contributed by atoms with Gasteiger partial charge < -0.3 is 9.47 Å². The molecule has 24 heavy (non-hydrogen) atoms. The highest BCUT2D eigenvalue weighted by Crippen LogP contribution is 2.27. The van der Waals surface area contributed by atoms with Gasteiger partial charge in [0.05, 0.1) is 19.8 Å². The third-order valence-electron chi connectivity index (χ3n) is 3.11. The Kier molecular flexibility index (Phi) is 6.27. The third-order valence-corrected chi connectivity index (χ3v) is 4.24. The van der Waals surface area contributed by atoms with E-state index in [1.54, 1.807) is 30.3 Å². The zero-order valence-electron chi connectivity index (χ0n) is 12.9. The fraction of sp³-hybridized carbons (Fsp3) is 0.125. The fourth-order valence-corrected chi connectivity index (χ4v) is 3.02. The van der Waals surface area contributed by atoms with E-state index in [1.807, 2.05) is 22.6 Å². The van der Waals surface area contributed by atoms with Crippen LogP contribution in [0.2, 0.25) is 5.02 Å². The van der Waals surface area contributed by atoms with Crippen molar-refractivity contribution in [2.24, 2.45) is 0 Å². The van der Waals surface area contributed by atoms with Crippen molar-refractivity contribution in [3.63, 3.8) is 0 Å². The lowest BCUT2D eigenvalue weighted by Gasteiger charge is -2.11. The van der Waals surface area contributed by atoms with E-state index < -0.39 is 11.8 Å². The maximum atomic E-state index is 12.1. The van der Waals surface area contributed by atoms with Crippen molar-refractivity contribution >= 4 is 46.0 Å². The van der Waals surface area contributed by atoms with E-state index in [-0.39, 0.29) is 0 Å². The minimum Gasteiger partial charge on any atom is -0.493 e. The second-order valence-electron chi connectivity index (χ2n) is 4.60. The molecule has 2 aromatic rings. The summed E-state index contributed by atoms with van der Waals surface area (Å²) in [5, 5.41) is 0.533. The largest absolute Gasteiger partial charge is 0.493 e. The molecule has 0 saturated heterocycles. The number of benzene rings is 2. The molecule has 8 heteroatoms. The zero-order valence-corrected chi connectivity index (χ0v) is 15.8. The molecule has 126 valence electrons. The summed E-state index contributed by atoms with van der Waals surface area (Å²) in [4.78, 5) is 24.3. The van der Waals surface area contributed by atoms with Crippen molar-refractivity contribution in [3.8, 4) is 11.5 Å². The zero-order chi connectivity index (χ0) is 17.7. The molecule has 0 atom stereocenters. The highest BCUT2D eigenvalue weighted by atomic mass is 127. The van der Waals surface area contributed by atoms with Crippen LogP contribution in [0.1, 0.15) is 20.7 Å². The predicted molar refractivity (Wildman–Crippen MR) is 98.6 cm³/mol. The molecular weight excluding hydrogens is 447 g/mol. The van der Waals surface area contributed by atoms with Crippen LogP contribution in [0.3, 0.4) is 0 Å². The van der Waals surface area contributed by atoms with Gasteiger partial charge in [-0.25, -0.2) is 0 Å². The van der Waals surface area contributed by atoms with Crippen LogP contribution in [0.25, 0.3) is 0 Å². The monoisotopic (exact) mass is 460 g/mol. The van der Waals surface area contributed by atoms with Crippen molar-refractivity contribution in [2.45, 2.75) is 0 Å². The van der Waals surface area contributed by atoms with Crippen LogP contribution in [0, 0.1) is 3.57 Å². The van der Waals surface area contributed by atoms with Gasteiger partial charge in [0, 0.05) is 14.2 Å². The van der Waals surface area contributed by atoms with Gasteiger partial charge in [-0.05, 0) is 59.0 Å². The maximum Gasteiger partial charge on any atom is 0.270 e. The van der Waals surface area contributed by atoms with Gasteiger partial charge in [-0.2, -0.15) is 0 Å². The number of halogens is 2. The van der Waals surface area contributed by atoms with E-state index in [0.29, 0.717) is 31.2 Å². The summed E-state index contributed by atoms with van der Waals surface area (Å²) >= 11 is 7.85. The van der Waals surface area contributed by atoms with E-state index >= 15 is 0 Å². The van der Waals surface area contributed by atoms with Crippen LogP contribution in [-0.4, -0.2) is 26.0 Å². The summed E-state index contributed by atoms with van der Waals surface area (Å²) in [6.07, 6.45) is 0. The van der Waals surface area contributed by atoms with Crippen LogP contribution < -0.4 is 20.3 Å². The van der Waals surface area contributed by atoms with Crippen molar-refractivity contribution in [1.29, 1.82) is 0 Å². The highest BCUT2D eigenvalue weighted by Gasteiger charge is 2.14. The number of carbonyl (C=O) groups is 2. The smallest absolute Gasteiger partial charge is 0.270 e. The van der Waals surface area contributed by atoms with Gasteiger partial charge in [-0.1, -0.05) is 11.6 Å². The lowest BCUT2D eigenvalue weighted by molar-refractivity contribution is 0.0846. The van der Waals surface area contributed by atoms with Crippen molar-refractivity contribution in [1.82, 2.24) is 10.9 Å².